The molecule has 47 heavy (non-hydrogen) atoms. The molecule has 12 heteroatoms. The maximum atomic E-state index is 14.3. The molecule has 3 aromatic carbocycles. The number of hydrogen-bond acceptors (Lipinski definition) is 8. The summed E-state index contributed by atoms with van der Waals surface area (Å²) in [6, 6.07) is 15.0. The molecule has 9 nitrogen and oxygen atoms in total. The second-order valence-electron chi connectivity index (χ2n) is 12.5. The van der Waals surface area contributed by atoms with Crippen molar-refractivity contribution in [3.63, 3.8) is 0 Å². The summed E-state index contributed by atoms with van der Waals surface area (Å²) < 4.78 is 45.8. The van der Waals surface area contributed by atoms with Gasteiger partial charge >= 0.3 is 6.18 Å². The standard InChI is InChI=1S/C35H31F3N2O7/c1-40(2)28-23-15-19-14-22-21(18-8-10-20(11-9-18)35(36,37)38)12-13-24(41)26(22)29(42)25(19)31(43)34(23,46)32(44)27(33(39)45)30(28)47-16-17-6-4-3-5-7-17/h3-13,19,23,25,28,41,46H,14-16H2,1-2H3,(H2,39,45). The fraction of sp³-hybridized carbons (Fsp3) is 0.314. The number of rotatable bonds is 6. The highest BCUT2D eigenvalue weighted by Crippen LogP contribution is 2.52. The van der Waals surface area contributed by atoms with E-state index < -0.39 is 75.7 Å². The normalized spacial score (nSPS) is 25.7. The fourth-order valence-electron chi connectivity index (χ4n) is 7.44. The Labute approximate surface area is 267 Å². The van der Waals surface area contributed by atoms with Crippen molar-refractivity contribution in [2.45, 2.75) is 37.3 Å². The zero-order valence-corrected chi connectivity index (χ0v) is 25.4. The topological polar surface area (TPSA) is 147 Å². The van der Waals surface area contributed by atoms with Gasteiger partial charge in [0.15, 0.2) is 17.2 Å². The molecular formula is C35H31F3N2O7. The van der Waals surface area contributed by atoms with Crippen LogP contribution in [0.2, 0.25) is 0 Å². The molecule has 0 radical (unpaired) electrons. The van der Waals surface area contributed by atoms with Gasteiger partial charge < -0.3 is 20.7 Å². The van der Waals surface area contributed by atoms with Crippen molar-refractivity contribution >= 4 is 23.3 Å². The van der Waals surface area contributed by atoms with E-state index in [1.807, 2.05) is 0 Å². The lowest BCUT2D eigenvalue weighted by molar-refractivity contribution is -0.170. The number of aliphatic hydroxyl groups is 1. The van der Waals surface area contributed by atoms with Crippen molar-refractivity contribution in [2.75, 3.05) is 14.1 Å². The Balaban J connectivity index is 1.44. The van der Waals surface area contributed by atoms with E-state index in [9.17, 15) is 42.6 Å². The molecule has 1 saturated carbocycles. The van der Waals surface area contributed by atoms with Crippen LogP contribution in [0.5, 0.6) is 5.75 Å². The lowest BCUT2D eigenvalue weighted by Crippen LogP contribution is -2.69. The van der Waals surface area contributed by atoms with Crippen molar-refractivity contribution in [3.8, 4) is 16.9 Å². The number of carbonyl (C=O) groups excluding carboxylic acids is 4. The van der Waals surface area contributed by atoms with Gasteiger partial charge in [-0.05, 0) is 73.3 Å². The number of likely N-dealkylation sites (N-methyl/N-ethyl adjacent to an activating group) is 1. The molecule has 6 rings (SSSR count). The second kappa shape index (κ2) is 11.5. The Morgan fingerprint density at radius 3 is 2.28 bits per heavy atom. The number of primary amides is 1. The molecule has 0 aliphatic heterocycles. The number of fused-ring (bicyclic) bond motifs is 3. The van der Waals surface area contributed by atoms with Crippen LogP contribution in [-0.2, 0) is 38.3 Å². The number of halogens is 3. The van der Waals surface area contributed by atoms with Gasteiger partial charge in [0.25, 0.3) is 5.91 Å². The van der Waals surface area contributed by atoms with Crippen LogP contribution in [0.25, 0.3) is 11.1 Å². The van der Waals surface area contributed by atoms with Crippen LogP contribution in [0, 0.1) is 17.8 Å². The van der Waals surface area contributed by atoms with Gasteiger partial charge in [0, 0.05) is 5.92 Å². The molecule has 4 N–H and O–H groups in total. The lowest BCUT2D eigenvalue weighted by atomic mass is 9.54. The summed E-state index contributed by atoms with van der Waals surface area (Å²) in [6.45, 7) is -0.0443. The average molecular weight is 649 g/mol. The summed E-state index contributed by atoms with van der Waals surface area (Å²) in [5, 5.41) is 22.8. The van der Waals surface area contributed by atoms with E-state index in [0.29, 0.717) is 16.7 Å². The van der Waals surface area contributed by atoms with E-state index in [1.165, 1.54) is 24.3 Å². The minimum atomic E-state index is -4.55. The Morgan fingerprint density at radius 2 is 1.68 bits per heavy atom. The number of phenolic OH excluding ortho intramolecular Hbond substituents is 1. The molecule has 1 fully saturated rings. The number of nitrogens with two attached hydrogens (primary N) is 1. The molecule has 0 heterocycles. The van der Waals surface area contributed by atoms with Gasteiger partial charge in [-0.1, -0.05) is 48.5 Å². The average Bonchev–Trinajstić information content (AvgIpc) is 3.01. The largest absolute Gasteiger partial charge is 0.507 e. The third-order valence-electron chi connectivity index (χ3n) is 9.54. The fourth-order valence-corrected chi connectivity index (χ4v) is 7.44. The van der Waals surface area contributed by atoms with E-state index in [-0.39, 0.29) is 30.8 Å². The molecular weight excluding hydrogens is 617 g/mol. The van der Waals surface area contributed by atoms with Crippen LogP contribution in [0.3, 0.4) is 0 Å². The Bertz CT molecular complexity index is 1840. The van der Waals surface area contributed by atoms with Crippen LogP contribution >= 0.6 is 0 Å². The predicted molar refractivity (Wildman–Crippen MR) is 162 cm³/mol. The summed E-state index contributed by atoms with van der Waals surface area (Å²) in [4.78, 5) is 56.6. The Hall–Kier alpha value is -4.81. The van der Waals surface area contributed by atoms with E-state index in [2.05, 4.69) is 0 Å². The summed E-state index contributed by atoms with van der Waals surface area (Å²) in [5.41, 5.74) is 2.96. The quantitative estimate of drug-likeness (QED) is 0.270. The first-order chi connectivity index (χ1) is 22.2. The zero-order valence-electron chi connectivity index (χ0n) is 25.4. The van der Waals surface area contributed by atoms with Crippen LogP contribution in [0.1, 0.15) is 33.5 Å². The van der Waals surface area contributed by atoms with Gasteiger partial charge in [-0.2, -0.15) is 13.2 Å². The second-order valence-corrected chi connectivity index (χ2v) is 12.5. The van der Waals surface area contributed by atoms with Gasteiger partial charge in [-0.3, -0.25) is 24.1 Å². The number of phenols is 1. The Morgan fingerprint density at radius 1 is 1.02 bits per heavy atom. The molecule has 1 amide bonds. The van der Waals surface area contributed by atoms with E-state index in [1.54, 1.807) is 49.3 Å². The smallest absolute Gasteiger partial charge is 0.416 e. The van der Waals surface area contributed by atoms with Gasteiger partial charge in [0.1, 0.15) is 23.7 Å². The lowest BCUT2D eigenvalue weighted by Gasteiger charge is -2.52. The molecule has 3 aliphatic carbocycles. The highest BCUT2D eigenvalue weighted by atomic mass is 19.4. The molecule has 3 aromatic rings. The highest BCUT2D eigenvalue weighted by molar-refractivity contribution is 6.32. The number of carbonyl (C=O) groups is 4. The zero-order chi connectivity index (χ0) is 34.0. The first kappa shape index (κ1) is 32.1. The monoisotopic (exact) mass is 648 g/mol. The van der Waals surface area contributed by atoms with Crippen molar-refractivity contribution in [2.24, 2.45) is 23.5 Å². The Kier molecular flexibility index (Phi) is 7.84. The number of nitrogens with zero attached hydrogens (tertiary/aromatic N) is 1. The van der Waals surface area contributed by atoms with Gasteiger partial charge in [0.2, 0.25) is 5.78 Å². The maximum absolute atomic E-state index is 14.3. The third kappa shape index (κ3) is 5.12. The number of amides is 1. The number of aromatic hydroxyl groups is 1. The summed E-state index contributed by atoms with van der Waals surface area (Å²) in [6.07, 6.45) is -4.56. The van der Waals surface area contributed by atoms with Crippen LogP contribution in [0.15, 0.2) is 78.1 Å². The number of Topliss-reactive ketones (excluding diaryl/α,β-unsaturated/α-hetero) is 3. The first-order valence-corrected chi connectivity index (χ1v) is 14.9. The molecule has 0 saturated heterocycles. The summed E-state index contributed by atoms with van der Waals surface area (Å²) in [7, 11) is 3.26. The van der Waals surface area contributed by atoms with E-state index in [0.717, 1.165) is 17.7 Å². The number of hydrogen-bond donors (Lipinski definition) is 3. The number of alkyl halides is 3. The van der Waals surface area contributed by atoms with Gasteiger partial charge in [-0.15, -0.1) is 0 Å². The van der Waals surface area contributed by atoms with E-state index >= 15 is 0 Å². The molecule has 0 bridgehead atoms. The van der Waals surface area contributed by atoms with E-state index in [4.69, 9.17) is 10.5 Å². The highest BCUT2D eigenvalue weighted by Gasteiger charge is 2.67. The molecule has 0 aromatic heterocycles. The molecule has 0 spiro atoms. The number of benzene rings is 3. The molecule has 5 atom stereocenters. The summed E-state index contributed by atoms with van der Waals surface area (Å²) in [5.74, 6) is -8.38. The maximum Gasteiger partial charge on any atom is 0.416 e. The van der Waals surface area contributed by atoms with Gasteiger partial charge in [0.05, 0.1) is 23.1 Å². The molecule has 3 aliphatic rings. The molecule has 244 valence electrons. The number of ether oxygens (including phenoxy) is 1. The van der Waals surface area contributed by atoms with Crippen LogP contribution in [0.4, 0.5) is 13.2 Å². The van der Waals surface area contributed by atoms with Crippen molar-refractivity contribution in [1.29, 1.82) is 0 Å². The minimum Gasteiger partial charge on any atom is -0.507 e. The minimum absolute atomic E-state index is 0.0375. The van der Waals surface area contributed by atoms with Crippen LogP contribution < -0.4 is 5.73 Å². The van der Waals surface area contributed by atoms with Crippen molar-refractivity contribution in [1.82, 2.24) is 4.90 Å². The van der Waals surface area contributed by atoms with Crippen LogP contribution in [-0.4, -0.2) is 64.1 Å². The van der Waals surface area contributed by atoms with Crippen molar-refractivity contribution in [3.05, 3.63) is 100 Å². The predicted octanol–water partition coefficient (Wildman–Crippen LogP) is 3.84. The van der Waals surface area contributed by atoms with Crippen molar-refractivity contribution < 1.29 is 47.3 Å². The van der Waals surface area contributed by atoms with Gasteiger partial charge in [-0.25, -0.2) is 0 Å². The molecule has 5 unspecified atom stereocenters. The number of ketones is 3. The third-order valence-corrected chi connectivity index (χ3v) is 9.54. The first-order valence-electron chi connectivity index (χ1n) is 14.9. The summed E-state index contributed by atoms with van der Waals surface area (Å²) >= 11 is 0. The SMILES string of the molecule is CN(C)C1C(OCc2ccccc2)=C(C(N)=O)C(=O)C2(O)C(=O)C3C(=O)c4c(O)ccc(-c5ccc(C(F)(F)F)cc5)c4CC3CC12.